The van der Waals surface area contributed by atoms with Gasteiger partial charge < -0.3 is 9.47 Å². The molecule has 2 aromatic rings. The predicted octanol–water partition coefficient (Wildman–Crippen LogP) is 5.38. The van der Waals surface area contributed by atoms with Gasteiger partial charge in [0.05, 0.1) is 11.1 Å². The lowest BCUT2D eigenvalue weighted by atomic mass is 9.71. The Morgan fingerprint density at radius 1 is 0.613 bits per heavy atom. The molecule has 0 unspecified atom stereocenters. The summed E-state index contributed by atoms with van der Waals surface area (Å²) in [6.07, 6.45) is -11.8. The molecule has 31 heavy (non-hydrogen) atoms. The number of ether oxygens (including phenoxy) is 2. The lowest BCUT2D eigenvalue weighted by Crippen LogP contribution is -2.54. The van der Waals surface area contributed by atoms with E-state index in [4.69, 9.17) is 9.47 Å². The van der Waals surface area contributed by atoms with E-state index in [0.29, 0.717) is 24.3 Å². The Hall–Kier alpha value is -3.56. The SMILES string of the molecule is C=C1OC(=O)c2ccc(C(c3ccc4c(c3)C(=O)OC4=C)(C(F)(F)F)C(F)(F)F)cc21. The predicted molar refractivity (Wildman–Crippen MR) is 94.7 cm³/mol. The number of esters is 2. The molecule has 0 spiro atoms. The fourth-order valence-electron chi connectivity index (χ4n) is 3.80. The number of fused-ring (bicyclic) bond motifs is 2. The van der Waals surface area contributed by atoms with Crippen molar-refractivity contribution in [3.63, 3.8) is 0 Å². The van der Waals surface area contributed by atoms with Crippen LogP contribution in [0, 0.1) is 0 Å². The normalized spacial score (nSPS) is 16.2. The molecule has 2 aliphatic heterocycles. The summed E-state index contributed by atoms with van der Waals surface area (Å²) in [5.74, 6) is -2.59. The summed E-state index contributed by atoms with van der Waals surface area (Å²) in [6, 6.07) is 4.00. The van der Waals surface area contributed by atoms with Gasteiger partial charge in [-0.25, -0.2) is 9.59 Å². The largest absolute Gasteiger partial charge is 0.423 e. The molecule has 2 heterocycles. The maximum atomic E-state index is 14.3. The van der Waals surface area contributed by atoms with E-state index in [2.05, 4.69) is 13.2 Å². The van der Waals surface area contributed by atoms with Gasteiger partial charge in [-0.1, -0.05) is 31.4 Å². The molecule has 160 valence electrons. The van der Waals surface area contributed by atoms with Crippen molar-refractivity contribution in [1.29, 1.82) is 0 Å². The molecule has 10 heteroatoms. The molecule has 4 nitrogen and oxygen atoms in total. The minimum Gasteiger partial charge on any atom is -0.423 e. The first-order valence-electron chi connectivity index (χ1n) is 8.54. The number of hydrogen-bond acceptors (Lipinski definition) is 4. The highest BCUT2D eigenvalue weighted by atomic mass is 19.4. The van der Waals surface area contributed by atoms with Crippen molar-refractivity contribution in [3.05, 3.63) is 82.9 Å². The Morgan fingerprint density at radius 2 is 1.03 bits per heavy atom. The average molecular weight is 440 g/mol. The van der Waals surface area contributed by atoms with Crippen molar-refractivity contribution < 1.29 is 45.4 Å². The summed E-state index contributed by atoms with van der Waals surface area (Å²) in [7, 11) is 0. The molecule has 4 rings (SSSR count). The molecular weight excluding hydrogens is 430 g/mol. The molecular formula is C21H10F6O4. The number of cyclic esters (lactones) is 2. The highest BCUT2D eigenvalue weighted by molar-refractivity contribution is 6.03. The highest BCUT2D eigenvalue weighted by Crippen LogP contribution is 2.57. The van der Waals surface area contributed by atoms with Gasteiger partial charge in [-0.3, -0.25) is 0 Å². The topological polar surface area (TPSA) is 52.6 Å². The number of alkyl halides is 6. The summed E-state index contributed by atoms with van der Waals surface area (Å²) >= 11 is 0. The average Bonchev–Trinajstić information content (AvgIpc) is 3.09. The standard InChI is InChI=1S/C21H10F6O4/c1-9-13-5-3-12(8-16(13)18(29)30-9)19(20(22,23)24,21(25,26)27)11-4-6-14-15(7-11)10(2)31-17(14)28/h3-8H,1-2H2. The summed E-state index contributed by atoms with van der Waals surface area (Å²) in [5, 5.41) is 0. The van der Waals surface area contributed by atoms with Crippen LogP contribution in [0.2, 0.25) is 0 Å². The molecule has 0 amide bonds. The maximum absolute atomic E-state index is 14.3. The van der Waals surface area contributed by atoms with Gasteiger partial charge in [0.15, 0.2) is 0 Å². The Balaban J connectivity index is 2.06. The van der Waals surface area contributed by atoms with Gasteiger partial charge >= 0.3 is 24.3 Å². The summed E-state index contributed by atoms with van der Waals surface area (Å²) in [5.41, 5.74) is -7.93. The van der Waals surface area contributed by atoms with Crippen LogP contribution in [-0.4, -0.2) is 24.3 Å². The summed E-state index contributed by atoms with van der Waals surface area (Å²) < 4.78 is 95.3. The molecule has 0 saturated carbocycles. The smallest absolute Gasteiger partial charge is 0.411 e. The van der Waals surface area contributed by atoms with E-state index in [0.717, 1.165) is 12.1 Å². The van der Waals surface area contributed by atoms with Crippen LogP contribution >= 0.6 is 0 Å². The van der Waals surface area contributed by atoms with Crippen molar-refractivity contribution >= 4 is 23.5 Å². The molecule has 0 atom stereocenters. The van der Waals surface area contributed by atoms with Crippen molar-refractivity contribution in [1.82, 2.24) is 0 Å². The van der Waals surface area contributed by atoms with Crippen LogP contribution in [0.3, 0.4) is 0 Å². The van der Waals surface area contributed by atoms with E-state index < -0.39 is 46.4 Å². The summed E-state index contributed by atoms with van der Waals surface area (Å²) in [6.45, 7) is 6.76. The molecule has 0 aromatic heterocycles. The molecule has 2 aliphatic rings. The molecule has 0 radical (unpaired) electrons. The van der Waals surface area contributed by atoms with E-state index >= 15 is 0 Å². The number of benzene rings is 2. The Morgan fingerprint density at radius 3 is 1.55 bits per heavy atom. The first kappa shape index (κ1) is 20.7. The lowest BCUT2D eigenvalue weighted by Gasteiger charge is -2.38. The van der Waals surface area contributed by atoms with Crippen LogP contribution < -0.4 is 0 Å². The van der Waals surface area contributed by atoms with Gasteiger partial charge in [0.25, 0.3) is 0 Å². The highest BCUT2D eigenvalue weighted by Gasteiger charge is 2.72. The van der Waals surface area contributed by atoms with Crippen LogP contribution in [0.25, 0.3) is 11.5 Å². The molecule has 2 aromatic carbocycles. The number of carbonyl (C=O) groups is 2. The van der Waals surface area contributed by atoms with Crippen LogP contribution in [0.1, 0.15) is 43.0 Å². The zero-order valence-corrected chi connectivity index (χ0v) is 15.3. The molecule has 0 bridgehead atoms. The van der Waals surface area contributed by atoms with Gasteiger partial charge in [0.2, 0.25) is 5.41 Å². The van der Waals surface area contributed by atoms with E-state index in [9.17, 15) is 35.9 Å². The first-order valence-corrected chi connectivity index (χ1v) is 8.54. The van der Waals surface area contributed by atoms with Crippen molar-refractivity contribution in [3.8, 4) is 0 Å². The number of rotatable bonds is 2. The lowest BCUT2D eigenvalue weighted by molar-refractivity contribution is -0.288. The van der Waals surface area contributed by atoms with Crippen LogP contribution in [0.5, 0.6) is 0 Å². The van der Waals surface area contributed by atoms with E-state index in [1.54, 1.807) is 0 Å². The van der Waals surface area contributed by atoms with Gasteiger partial charge in [-0.05, 0) is 29.3 Å². The quantitative estimate of drug-likeness (QED) is 0.465. The third-order valence-electron chi connectivity index (χ3n) is 5.23. The Kier molecular flexibility index (Phi) is 4.16. The monoisotopic (exact) mass is 440 g/mol. The van der Waals surface area contributed by atoms with Crippen molar-refractivity contribution in [2.24, 2.45) is 0 Å². The minimum atomic E-state index is -5.88. The first-order chi connectivity index (χ1) is 14.3. The zero-order chi connectivity index (χ0) is 22.9. The third kappa shape index (κ3) is 2.70. The number of carbonyl (C=O) groups excluding carboxylic acids is 2. The minimum absolute atomic E-state index is 0.00618. The molecule has 0 saturated heterocycles. The van der Waals surface area contributed by atoms with Gasteiger partial charge in [-0.2, -0.15) is 26.3 Å². The van der Waals surface area contributed by atoms with E-state index in [1.165, 1.54) is 0 Å². The number of hydrogen-bond donors (Lipinski definition) is 0. The van der Waals surface area contributed by atoms with Crippen molar-refractivity contribution in [2.75, 3.05) is 0 Å². The zero-order valence-electron chi connectivity index (χ0n) is 15.3. The number of halogens is 6. The second-order valence-electron chi connectivity index (χ2n) is 6.89. The fraction of sp³-hybridized carbons (Fsp3) is 0.143. The van der Waals surface area contributed by atoms with E-state index in [-0.39, 0.29) is 28.2 Å². The molecule has 0 aliphatic carbocycles. The molecule has 0 fully saturated rings. The van der Waals surface area contributed by atoms with Crippen LogP contribution in [0.4, 0.5) is 26.3 Å². The summed E-state index contributed by atoms with van der Waals surface area (Å²) in [4.78, 5) is 23.6. The second-order valence-corrected chi connectivity index (χ2v) is 6.89. The third-order valence-corrected chi connectivity index (χ3v) is 5.23. The van der Waals surface area contributed by atoms with Crippen LogP contribution in [-0.2, 0) is 14.9 Å². The Labute approximate surface area is 170 Å². The van der Waals surface area contributed by atoms with Gasteiger partial charge in [0.1, 0.15) is 11.5 Å². The fourth-order valence-corrected chi connectivity index (χ4v) is 3.80. The Bertz CT molecular complexity index is 1100. The van der Waals surface area contributed by atoms with Crippen LogP contribution in [0.15, 0.2) is 49.6 Å². The maximum Gasteiger partial charge on any atom is 0.411 e. The second kappa shape index (κ2) is 6.22. The van der Waals surface area contributed by atoms with Crippen molar-refractivity contribution in [2.45, 2.75) is 17.8 Å². The van der Waals surface area contributed by atoms with Gasteiger partial charge in [0, 0.05) is 11.1 Å². The van der Waals surface area contributed by atoms with Gasteiger partial charge in [-0.15, -0.1) is 0 Å². The van der Waals surface area contributed by atoms with E-state index in [1.807, 2.05) is 0 Å². The molecule has 0 N–H and O–H groups in total.